The summed E-state index contributed by atoms with van der Waals surface area (Å²) < 4.78 is 117. The molecule has 52 heavy (non-hydrogen) atoms. The lowest BCUT2D eigenvalue weighted by molar-refractivity contribution is 0.273. The number of hydrogen-bond donors (Lipinski definition) is 0. The zero-order valence-corrected chi connectivity index (χ0v) is 32.8. The van der Waals surface area contributed by atoms with Gasteiger partial charge in [0.05, 0.1) is 19.6 Å². The van der Waals surface area contributed by atoms with Gasteiger partial charge >= 0.3 is 0 Å². The third-order valence-corrected chi connectivity index (χ3v) is 16.7. The van der Waals surface area contributed by atoms with Crippen molar-refractivity contribution in [1.82, 2.24) is 17.2 Å². The molecule has 0 amide bonds. The number of rotatable bonds is 8. The van der Waals surface area contributed by atoms with Gasteiger partial charge in [0.2, 0.25) is 40.1 Å². The van der Waals surface area contributed by atoms with E-state index in [1.165, 1.54) is 48.5 Å². The molecule has 0 aromatic heterocycles. The van der Waals surface area contributed by atoms with Crippen LogP contribution in [0.2, 0.25) is 0 Å². The fourth-order valence-corrected chi connectivity index (χ4v) is 11.4. The second-order valence-corrected chi connectivity index (χ2v) is 20.6. The van der Waals surface area contributed by atoms with E-state index in [0.717, 1.165) is 39.5 Å². The minimum atomic E-state index is -4.24. The molecule has 0 radical (unpaired) electrons. The van der Waals surface area contributed by atoms with Crippen LogP contribution in [0.4, 0.5) is 0 Å². The largest absolute Gasteiger partial charge is 0.243 e. The van der Waals surface area contributed by atoms with Gasteiger partial charge in [-0.05, 0) is 76.2 Å². The van der Waals surface area contributed by atoms with E-state index >= 15 is 0 Å². The Bertz CT molecular complexity index is 1950. The number of nitrogens with zero attached hydrogens (tertiary/aromatic N) is 4. The Balaban J connectivity index is 1.60. The van der Waals surface area contributed by atoms with Gasteiger partial charge in [-0.3, -0.25) is 0 Å². The summed E-state index contributed by atoms with van der Waals surface area (Å²) in [5, 5.41) is 0. The summed E-state index contributed by atoms with van der Waals surface area (Å²) >= 11 is 0. The number of benzene rings is 4. The molecule has 0 unspecified atom stereocenters. The lowest BCUT2D eigenvalue weighted by Crippen LogP contribution is -2.50. The van der Waals surface area contributed by atoms with Gasteiger partial charge in [0, 0.05) is 52.4 Å². The molecule has 0 bridgehead atoms. The highest BCUT2D eigenvalue weighted by atomic mass is 32.2. The first kappa shape index (κ1) is 39.7. The minimum Gasteiger partial charge on any atom is -0.207 e. The summed E-state index contributed by atoms with van der Waals surface area (Å²) in [6.07, 6.45) is 0. The molecule has 0 atom stereocenters. The van der Waals surface area contributed by atoms with Gasteiger partial charge in [0.15, 0.2) is 0 Å². The van der Waals surface area contributed by atoms with Crippen LogP contribution in [0.5, 0.6) is 0 Å². The highest BCUT2D eigenvalue weighted by Crippen LogP contribution is 2.24. The van der Waals surface area contributed by atoms with Crippen molar-refractivity contribution >= 4 is 40.1 Å². The smallest absolute Gasteiger partial charge is 0.207 e. The highest BCUT2D eigenvalue weighted by molar-refractivity contribution is 7.90. The van der Waals surface area contributed by atoms with Crippen molar-refractivity contribution in [3.63, 3.8) is 0 Å². The van der Waals surface area contributed by atoms with Gasteiger partial charge in [-0.25, -0.2) is 33.7 Å². The summed E-state index contributed by atoms with van der Waals surface area (Å²) in [6.45, 7) is 4.63. The molecule has 0 saturated carbocycles. The van der Waals surface area contributed by atoms with Crippen molar-refractivity contribution in [2.75, 3.05) is 52.4 Å². The number of hydrogen-bond acceptors (Lipinski definition) is 8. The second-order valence-electron chi connectivity index (χ2n) is 12.9. The van der Waals surface area contributed by atoms with E-state index in [1.54, 1.807) is 48.5 Å². The van der Waals surface area contributed by atoms with E-state index in [9.17, 15) is 33.7 Å². The molecule has 4 aromatic rings. The van der Waals surface area contributed by atoms with E-state index in [2.05, 4.69) is 0 Å². The van der Waals surface area contributed by atoms with E-state index in [0.29, 0.717) is 0 Å². The quantitative estimate of drug-likeness (QED) is 0.260. The Hall–Kier alpha value is -3.48. The predicted octanol–water partition coefficient (Wildman–Crippen LogP) is 4.00. The molecule has 280 valence electrons. The lowest BCUT2D eigenvalue weighted by atomic mass is 10.2. The van der Waals surface area contributed by atoms with Crippen LogP contribution in [0, 0.1) is 27.7 Å². The molecule has 1 aliphatic heterocycles. The first-order valence-corrected chi connectivity index (χ1v) is 22.5. The van der Waals surface area contributed by atoms with Crippen LogP contribution in [0.25, 0.3) is 0 Å². The number of sulfonamides is 4. The highest BCUT2D eigenvalue weighted by Gasteiger charge is 2.35. The van der Waals surface area contributed by atoms with Crippen molar-refractivity contribution < 1.29 is 33.7 Å². The summed E-state index contributed by atoms with van der Waals surface area (Å²) in [5.74, 6) is 0. The van der Waals surface area contributed by atoms with Crippen molar-refractivity contribution in [3.8, 4) is 0 Å². The Labute approximate surface area is 308 Å². The average molecular weight is 789 g/mol. The van der Waals surface area contributed by atoms with Crippen LogP contribution >= 0.6 is 0 Å². The molecule has 4 aromatic carbocycles. The van der Waals surface area contributed by atoms with Gasteiger partial charge in [-0.2, -0.15) is 17.2 Å². The molecule has 0 aliphatic carbocycles. The van der Waals surface area contributed by atoms with Gasteiger partial charge in [0.1, 0.15) is 0 Å². The van der Waals surface area contributed by atoms with E-state index in [4.69, 9.17) is 0 Å². The van der Waals surface area contributed by atoms with Crippen LogP contribution in [0.3, 0.4) is 0 Å². The fraction of sp³-hybridized carbons (Fsp3) is 0.333. The summed E-state index contributed by atoms with van der Waals surface area (Å²) in [6, 6.07) is 24.8. The predicted molar refractivity (Wildman–Crippen MR) is 200 cm³/mol. The van der Waals surface area contributed by atoms with Crippen LogP contribution < -0.4 is 0 Å². The Morgan fingerprint density at radius 1 is 0.288 bits per heavy atom. The van der Waals surface area contributed by atoms with Crippen molar-refractivity contribution in [3.05, 3.63) is 119 Å². The van der Waals surface area contributed by atoms with Crippen molar-refractivity contribution in [2.45, 2.75) is 47.3 Å². The van der Waals surface area contributed by atoms with Crippen molar-refractivity contribution in [2.24, 2.45) is 0 Å². The van der Waals surface area contributed by atoms with Crippen LogP contribution in [0.1, 0.15) is 22.3 Å². The molecule has 5 rings (SSSR count). The monoisotopic (exact) mass is 788 g/mol. The maximum atomic E-state index is 14.1. The topological polar surface area (TPSA) is 150 Å². The molecular weight excluding hydrogens is 745 g/mol. The molecule has 1 heterocycles. The van der Waals surface area contributed by atoms with Gasteiger partial charge in [0.25, 0.3) is 0 Å². The molecule has 16 heteroatoms. The van der Waals surface area contributed by atoms with E-state index in [1.807, 2.05) is 27.7 Å². The molecule has 1 fully saturated rings. The van der Waals surface area contributed by atoms with E-state index in [-0.39, 0.29) is 71.9 Å². The third-order valence-electron chi connectivity index (χ3n) is 9.03. The first-order chi connectivity index (χ1) is 24.4. The zero-order valence-electron chi connectivity index (χ0n) is 29.6. The van der Waals surface area contributed by atoms with Gasteiger partial charge in [-0.1, -0.05) is 70.8 Å². The lowest BCUT2D eigenvalue weighted by Gasteiger charge is -2.33. The minimum absolute atomic E-state index is 0.0264. The van der Waals surface area contributed by atoms with Gasteiger partial charge < -0.3 is 0 Å². The molecule has 12 nitrogen and oxygen atoms in total. The standard InChI is InChI=1S/C36H44N4O8S4/c1-29-5-13-33(14-6-29)49(41,42)37-21-23-38(50(43,44)34-15-7-30(2)8-16-34)25-27-40(52(47,48)36-19-11-32(4)12-20-36)28-26-39(24-22-37)51(45,46)35-17-9-31(3)10-18-35/h5-20H,21-28H2,1-4H3. The van der Waals surface area contributed by atoms with Crippen LogP contribution in [0.15, 0.2) is 117 Å². The first-order valence-electron chi connectivity index (χ1n) is 16.7. The second kappa shape index (κ2) is 15.9. The summed E-state index contributed by atoms with van der Waals surface area (Å²) in [4.78, 5) is -0.106. The normalized spacial score (nSPS) is 17.3. The van der Waals surface area contributed by atoms with E-state index < -0.39 is 40.1 Å². The molecule has 1 saturated heterocycles. The van der Waals surface area contributed by atoms with Crippen molar-refractivity contribution in [1.29, 1.82) is 0 Å². The molecular formula is C36H44N4O8S4. The Morgan fingerprint density at radius 3 is 0.558 bits per heavy atom. The fourth-order valence-electron chi connectivity index (χ4n) is 5.74. The van der Waals surface area contributed by atoms with Crippen LogP contribution in [-0.4, -0.2) is 103 Å². The zero-order chi connectivity index (χ0) is 37.9. The SMILES string of the molecule is Cc1ccc(S(=O)(=O)N2CCN(S(=O)(=O)c3ccc(C)cc3)CCN(S(=O)(=O)c3ccc(C)cc3)CCN(S(=O)(=O)c3ccc(C)cc3)CC2)cc1. The summed E-state index contributed by atoms with van der Waals surface area (Å²) in [5.41, 5.74) is 3.35. The summed E-state index contributed by atoms with van der Waals surface area (Å²) in [7, 11) is -16.9. The molecule has 0 N–H and O–H groups in total. The number of aryl methyl sites for hydroxylation is 4. The maximum absolute atomic E-state index is 14.1. The van der Waals surface area contributed by atoms with Crippen LogP contribution in [-0.2, 0) is 40.1 Å². The Kier molecular flexibility index (Phi) is 12.1. The third kappa shape index (κ3) is 8.82. The average Bonchev–Trinajstić information content (AvgIpc) is 3.09. The molecule has 0 spiro atoms. The Morgan fingerprint density at radius 2 is 0.423 bits per heavy atom. The maximum Gasteiger partial charge on any atom is 0.243 e. The molecule has 1 aliphatic rings. The van der Waals surface area contributed by atoms with Gasteiger partial charge in [-0.15, -0.1) is 0 Å².